The van der Waals surface area contributed by atoms with Crippen LogP contribution in [0.15, 0.2) is 200 Å². The lowest BCUT2D eigenvalue weighted by atomic mass is 9.95. The number of hydrogen-bond donors (Lipinski definition) is 0. The maximum Gasteiger partial charge on any atom is 0.417 e. The van der Waals surface area contributed by atoms with Crippen LogP contribution in [0, 0.1) is 11.3 Å². The summed E-state index contributed by atoms with van der Waals surface area (Å²) < 4.78 is 174. The molecule has 0 saturated heterocycles. The first-order chi connectivity index (χ1) is 38.2. The van der Waals surface area contributed by atoms with Crippen molar-refractivity contribution in [3.05, 3.63) is 228 Å². The zero-order valence-electron chi connectivity index (χ0n) is 40.8. The summed E-state index contributed by atoms with van der Waals surface area (Å²) in [6.45, 7) is 0. The van der Waals surface area contributed by atoms with E-state index in [0.717, 1.165) is 23.3 Å². The van der Waals surface area contributed by atoms with Gasteiger partial charge in [-0.1, -0.05) is 121 Å². The summed E-state index contributed by atoms with van der Waals surface area (Å²) in [6, 6.07) is 51.6. The molecule has 12 rings (SSSR count). The van der Waals surface area contributed by atoms with Gasteiger partial charge >= 0.3 is 24.7 Å². The standard InChI is InChI=1S/C63H33F12N5/c64-60(65,66)40-21-23-42(49(30-40)62(70,71)72)37-19-25-55-46(27-37)44-15-7-9-17-53(44)79(55)57-32-48(59-77-51(35-11-3-1-4-12-35)33-52(78-59)36-13-5-2-6-14-36)58(29-39(57)34-76)80-54-18-10-8-16-45(54)47-28-38(20-26-56(47)80)43-24-22-41(61(67,68)69)31-50(43)63(73,74)75/h1-33H. The first kappa shape index (κ1) is 51.1. The second-order valence-corrected chi connectivity index (χ2v) is 18.9. The van der Waals surface area contributed by atoms with Gasteiger partial charge in [0.2, 0.25) is 0 Å². The van der Waals surface area contributed by atoms with Crippen LogP contribution >= 0.6 is 0 Å². The van der Waals surface area contributed by atoms with Gasteiger partial charge < -0.3 is 9.13 Å². The number of alkyl halides is 12. The first-order valence-corrected chi connectivity index (χ1v) is 24.4. The van der Waals surface area contributed by atoms with Gasteiger partial charge in [-0.2, -0.15) is 57.9 Å². The van der Waals surface area contributed by atoms with Crippen LogP contribution in [0.5, 0.6) is 0 Å². The van der Waals surface area contributed by atoms with Crippen molar-refractivity contribution in [2.75, 3.05) is 0 Å². The zero-order chi connectivity index (χ0) is 56.0. The lowest BCUT2D eigenvalue weighted by molar-refractivity contribution is -0.144. The number of nitriles is 1. The molecule has 3 aromatic heterocycles. The van der Waals surface area contributed by atoms with E-state index in [2.05, 4.69) is 6.07 Å². The van der Waals surface area contributed by atoms with Gasteiger partial charge in [0.05, 0.1) is 72.6 Å². The van der Waals surface area contributed by atoms with E-state index in [4.69, 9.17) is 9.97 Å². The molecule has 0 fully saturated rings. The highest BCUT2D eigenvalue weighted by molar-refractivity contribution is 6.12. The lowest BCUT2D eigenvalue weighted by Gasteiger charge is -2.19. The van der Waals surface area contributed by atoms with E-state index in [0.29, 0.717) is 78.4 Å². The Kier molecular flexibility index (Phi) is 12.0. The van der Waals surface area contributed by atoms with Crippen molar-refractivity contribution in [2.45, 2.75) is 24.7 Å². The molecule has 9 aromatic carbocycles. The summed E-state index contributed by atoms with van der Waals surface area (Å²) >= 11 is 0. The van der Waals surface area contributed by atoms with Crippen LogP contribution in [0.4, 0.5) is 52.7 Å². The Labute approximate surface area is 445 Å². The van der Waals surface area contributed by atoms with Gasteiger partial charge in [0.25, 0.3) is 0 Å². The van der Waals surface area contributed by atoms with Crippen LogP contribution in [0.1, 0.15) is 27.8 Å². The molecule has 3 heterocycles. The Morgan fingerprint density at radius 1 is 0.338 bits per heavy atom. The molecule has 394 valence electrons. The maximum atomic E-state index is 14.7. The highest BCUT2D eigenvalue weighted by Crippen LogP contribution is 2.47. The molecule has 0 spiro atoms. The highest BCUT2D eigenvalue weighted by Gasteiger charge is 2.40. The van der Waals surface area contributed by atoms with E-state index >= 15 is 0 Å². The fourth-order valence-corrected chi connectivity index (χ4v) is 10.5. The molecule has 5 nitrogen and oxygen atoms in total. The molecule has 80 heavy (non-hydrogen) atoms. The Morgan fingerprint density at radius 2 is 0.750 bits per heavy atom. The van der Waals surface area contributed by atoms with Gasteiger partial charge in [0, 0.05) is 38.2 Å². The van der Waals surface area contributed by atoms with Crippen LogP contribution < -0.4 is 0 Å². The van der Waals surface area contributed by atoms with Gasteiger partial charge in [-0.15, -0.1) is 0 Å². The predicted molar refractivity (Wildman–Crippen MR) is 283 cm³/mol. The Balaban J connectivity index is 1.15. The van der Waals surface area contributed by atoms with Crippen LogP contribution in [0.25, 0.3) is 111 Å². The molecule has 0 aliphatic heterocycles. The Morgan fingerprint density at radius 3 is 1.18 bits per heavy atom. The Bertz CT molecular complexity index is 4430. The molecule has 0 saturated carbocycles. The van der Waals surface area contributed by atoms with Gasteiger partial charge in [-0.05, 0) is 101 Å². The zero-order valence-corrected chi connectivity index (χ0v) is 40.8. The van der Waals surface area contributed by atoms with Crippen molar-refractivity contribution in [3.8, 4) is 73.6 Å². The van der Waals surface area contributed by atoms with Gasteiger partial charge in [0.1, 0.15) is 6.07 Å². The molecule has 0 N–H and O–H groups in total. The van der Waals surface area contributed by atoms with E-state index in [1.165, 1.54) is 30.3 Å². The summed E-state index contributed by atoms with van der Waals surface area (Å²) in [7, 11) is 0. The molecular weight excluding hydrogens is 1050 g/mol. The van der Waals surface area contributed by atoms with E-state index < -0.39 is 58.1 Å². The van der Waals surface area contributed by atoms with E-state index in [9.17, 15) is 57.9 Å². The topological polar surface area (TPSA) is 59.4 Å². The number of halogens is 12. The second kappa shape index (κ2) is 18.8. The van der Waals surface area contributed by atoms with Gasteiger partial charge in [0.15, 0.2) is 5.82 Å². The fourth-order valence-electron chi connectivity index (χ4n) is 10.5. The van der Waals surface area contributed by atoms with Crippen LogP contribution in [0.3, 0.4) is 0 Å². The molecule has 0 amide bonds. The molecule has 0 aliphatic rings. The third-order valence-electron chi connectivity index (χ3n) is 14.1. The van der Waals surface area contributed by atoms with Gasteiger partial charge in [-0.25, -0.2) is 9.97 Å². The number of aromatic nitrogens is 4. The fraction of sp³-hybridized carbons (Fsp3) is 0.0635. The average Bonchev–Trinajstić information content (AvgIpc) is 4.00. The highest BCUT2D eigenvalue weighted by atomic mass is 19.4. The third kappa shape index (κ3) is 8.92. The number of para-hydroxylation sites is 2. The van der Waals surface area contributed by atoms with Crippen molar-refractivity contribution < 1.29 is 52.7 Å². The van der Waals surface area contributed by atoms with Crippen molar-refractivity contribution in [2.24, 2.45) is 0 Å². The van der Waals surface area contributed by atoms with Crippen molar-refractivity contribution in [1.29, 1.82) is 5.26 Å². The first-order valence-electron chi connectivity index (χ1n) is 24.4. The predicted octanol–water partition coefficient (Wildman–Crippen LogP) is 19.0. The summed E-state index contributed by atoms with van der Waals surface area (Å²) in [5.41, 5.74) is -1.70. The molecule has 0 aliphatic carbocycles. The number of benzene rings is 9. The Hall–Kier alpha value is -9.69. The summed E-state index contributed by atoms with van der Waals surface area (Å²) in [6.07, 6.45) is -20.4. The minimum absolute atomic E-state index is 0.0244. The number of nitrogens with zero attached hydrogens (tertiary/aromatic N) is 5. The van der Waals surface area contributed by atoms with Crippen LogP contribution in [-0.4, -0.2) is 19.1 Å². The van der Waals surface area contributed by atoms with Gasteiger partial charge in [-0.3, -0.25) is 0 Å². The number of fused-ring (bicyclic) bond motifs is 6. The molecule has 0 atom stereocenters. The minimum atomic E-state index is -5.17. The number of hydrogen-bond acceptors (Lipinski definition) is 3. The van der Waals surface area contributed by atoms with Crippen molar-refractivity contribution >= 4 is 43.6 Å². The smallest absolute Gasteiger partial charge is 0.308 e. The van der Waals surface area contributed by atoms with Crippen molar-refractivity contribution in [3.63, 3.8) is 0 Å². The largest absolute Gasteiger partial charge is 0.417 e. The normalized spacial score (nSPS) is 12.5. The number of rotatable bonds is 7. The molecule has 17 heteroatoms. The van der Waals surface area contributed by atoms with Crippen LogP contribution in [-0.2, 0) is 24.7 Å². The van der Waals surface area contributed by atoms with Crippen molar-refractivity contribution in [1.82, 2.24) is 19.1 Å². The molecule has 0 radical (unpaired) electrons. The molecular formula is C63H33F12N5. The molecule has 0 unspecified atom stereocenters. The summed E-state index contributed by atoms with van der Waals surface area (Å²) in [5, 5.41) is 13.2. The lowest BCUT2D eigenvalue weighted by Crippen LogP contribution is -2.12. The molecule has 0 bridgehead atoms. The summed E-state index contributed by atoms with van der Waals surface area (Å²) in [4.78, 5) is 10.3. The quantitative estimate of drug-likeness (QED) is 0.149. The van der Waals surface area contributed by atoms with E-state index in [1.807, 2.05) is 66.7 Å². The third-order valence-corrected chi connectivity index (χ3v) is 14.1. The SMILES string of the molecule is N#Cc1cc(-n2c3ccccc3c3cc(-c4ccc(C(F)(F)F)cc4C(F)(F)F)ccc32)c(-c2nc(-c3ccccc3)cc(-c3ccccc3)n2)cc1-n1c2ccccc2c2cc(-c3ccc(C(F)(F)F)cc3C(F)(F)F)ccc21. The van der Waals surface area contributed by atoms with E-state index in [1.54, 1.807) is 75.9 Å². The minimum Gasteiger partial charge on any atom is -0.308 e. The van der Waals surface area contributed by atoms with Crippen LogP contribution in [0.2, 0.25) is 0 Å². The second-order valence-electron chi connectivity index (χ2n) is 18.9. The monoisotopic (exact) mass is 1090 g/mol. The van der Waals surface area contributed by atoms with E-state index in [-0.39, 0.29) is 40.3 Å². The molecule has 12 aromatic rings. The average molecular weight is 1090 g/mol. The maximum absolute atomic E-state index is 14.7. The summed E-state index contributed by atoms with van der Waals surface area (Å²) in [5.74, 6) is 0.151.